The second kappa shape index (κ2) is 6.40. The van der Waals surface area contributed by atoms with E-state index in [9.17, 15) is 4.79 Å². The monoisotopic (exact) mass is 355 g/mol. The van der Waals surface area contributed by atoms with Gasteiger partial charge in [0.1, 0.15) is 0 Å². The molecule has 1 aliphatic heterocycles. The number of ether oxygens (including phenoxy) is 1. The summed E-state index contributed by atoms with van der Waals surface area (Å²) in [6, 6.07) is 1.54. The fourth-order valence-electron chi connectivity index (χ4n) is 3.02. The molecule has 1 aliphatic rings. The van der Waals surface area contributed by atoms with Crippen molar-refractivity contribution < 1.29 is 4.74 Å². The predicted molar refractivity (Wildman–Crippen MR) is 91.5 cm³/mol. The molecular weight excluding hydrogens is 337 g/mol. The normalized spacial score (nSPS) is 22.7. The van der Waals surface area contributed by atoms with E-state index in [1.807, 2.05) is 20.8 Å². The zero-order chi connectivity index (χ0) is 16.7. The number of fused-ring (bicyclic) bond motifs is 1. The Labute approximate surface area is 144 Å². The number of hydrogen-bond donors (Lipinski definition) is 0. The van der Waals surface area contributed by atoms with Crippen LogP contribution in [0.25, 0.3) is 5.65 Å². The van der Waals surface area contributed by atoms with Crippen LogP contribution >= 0.6 is 23.2 Å². The number of rotatable bonds is 2. The smallest absolute Gasteiger partial charge is 0.258 e. The van der Waals surface area contributed by atoms with Gasteiger partial charge in [0.2, 0.25) is 0 Å². The van der Waals surface area contributed by atoms with Gasteiger partial charge in [-0.2, -0.15) is 0 Å². The van der Waals surface area contributed by atoms with Gasteiger partial charge in [-0.1, -0.05) is 23.2 Å². The summed E-state index contributed by atoms with van der Waals surface area (Å²) >= 11 is 12.4. The van der Waals surface area contributed by atoms with Gasteiger partial charge in [-0.05, 0) is 26.3 Å². The third-order valence-corrected chi connectivity index (χ3v) is 4.85. The average molecular weight is 356 g/mol. The van der Waals surface area contributed by atoms with E-state index in [0.29, 0.717) is 27.9 Å². The Morgan fingerprint density at radius 2 is 1.96 bits per heavy atom. The molecule has 0 aliphatic carbocycles. The lowest BCUT2D eigenvalue weighted by molar-refractivity contribution is -0.0707. The summed E-state index contributed by atoms with van der Waals surface area (Å²) in [5.74, 6) is 0. The third-order valence-electron chi connectivity index (χ3n) is 4.01. The predicted octanol–water partition coefficient (Wildman–Crippen LogP) is 2.92. The fourth-order valence-corrected chi connectivity index (χ4v) is 3.50. The molecule has 0 aromatic carbocycles. The van der Waals surface area contributed by atoms with Crippen molar-refractivity contribution in [2.75, 3.05) is 13.1 Å². The maximum absolute atomic E-state index is 12.3. The van der Waals surface area contributed by atoms with E-state index in [1.54, 1.807) is 12.3 Å². The minimum Gasteiger partial charge on any atom is -0.373 e. The zero-order valence-corrected chi connectivity index (χ0v) is 14.9. The Morgan fingerprint density at radius 1 is 1.30 bits per heavy atom. The highest BCUT2D eigenvalue weighted by atomic mass is 35.5. The van der Waals surface area contributed by atoms with Crippen LogP contribution in [0.5, 0.6) is 0 Å². The largest absolute Gasteiger partial charge is 0.373 e. The Morgan fingerprint density at radius 3 is 2.61 bits per heavy atom. The molecule has 3 rings (SSSR count). The van der Waals surface area contributed by atoms with E-state index in [-0.39, 0.29) is 17.8 Å². The molecule has 0 spiro atoms. The molecule has 0 radical (unpaired) electrons. The summed E-state index contributed by atoms with van der Waals surface area (Å²) in [6.07, 6.45) is 1.91. The molecule has 1 saturated heterocycles. The molecule has 0 unspecified atom stereocenters. The van der Waals surface area contributed by atoms with Gasteiger partial charge in [0.25, 0.3) is 5.56 Å². The van der Waals surface area contributed by atoms with E-state index in [2.05, 4.69) is 9.88 Å². The van der Waals surface area contributed by atoms with Crippen molar-refractivity contribution in [2.45, 2.75) is 39.5 Å². The van der Waals surface area contributed by atoms with Crippen LogP contribution in [0.3, 0.4) is 0 Å². The van der Waals surface area contributed by atoms with E-state index in [0.717, 1.165) is 18.7 Å². The molecule has 3 heterocycles. The van der Waals surface area contributed by atoms with Crippen LogP contribution in [0.4, 0.5) is 0 Å². The van der Waals surface area contributed by atoms with Gasteiger partial charge in [-0.3, -0.25) is 14.1 Å². The summed E-state index contributed by atoms with van der Waals surface area (Å²) in [7, 11) is 0. The molecule has 7 heteroatoms. The molecule has 0 N–H and O–H groups in total. The van der Waals surface area contributed by atoms with E-state index in [1.165, 1.54) is 4.40 Å². The number of pyridine rings is 1. The van der Waals surface area contributed by atoms with Crippen LogP contribution in [0.15, 0.2) is 17.1 Å². The van der Waals surface area contributed by atoms with E-state index < -0.39 is 0 Å². The first kappa shape index (κ1) is 16.7. The topological polar surface area (TPSA) is 46.8 Å². The van der Waals surface area contributed by atoms with Crippen molar-refractivity contribution in [2.24, 2.45) is 0 Å². The molecule has 124 valence electrons. The molecule has 0 saturated carbocycles. The maximum Gasteiger partial charge on any atom is 0.258 e. The highest BCUT2D eigenvalue weighted by Gasteiger charge is 2.23. The number of morpholine rings is 1. The Balaban J connectivity index is 1.98. The minimum atomic E-state index is -0.178. The molecule has 2 atom stereocenters. The van der Waals surface area contributed by atoms with Crippen LogP contribution in [0.1, 0.15) is 25.1 Å². The highest BCUT2D eigenvalue weighted by Crippen LogP contribution is 2.26. The second-order valence-corrected chi connectivity index (χ2v) is 6.93. The van der Waals surface area contributed by atoms with Crippen molar-refractivity contribution in [3.8, 4) is 0 Å². The maximum atomic E-state index is 12.3. The first-order valence-corrected chi connectivity index (χ1v) is 8.35. The van der Waals surface area contributed by atoms with Gasteiger partial charge in [-0.15, -0.1) is 0 Å². The van der Waals surface area contributed by atoms with Crippen molar-refractivity contribution in [1.29, 1.82) is 0 Å². The Bertz CT molecular complexity index is 796. The standard InChI is InChI=1S/C16H19Cl2N3O2/c1-9-5-20(6-10(2)23-9)7-12-4-14(22)21-8-13(17)11(3)15(18)16(21)19-12/h4,8-10H,5-7H2,1-3H3/t9-,10+. The van der Waals surface area contributed by atoms with E-state index >= 15 is 0 Å². The lowest BCUT2D eigenvalue weighted by atomic mass is 10.2. The van der Waals surface area contributed by atoms with Crippen molar-refractivity contribution >= 4 is 28.8 Å². The van der Waals surface area contributed by atoms with Gasteiger partial charge in [0.15, 0.2) is 5.65 Å². The highest BCUT2D eigenvalue weighted by molar-refractivity contribution is 6.37. The lowest BCUT2D eigenvalue weighted by Gasteiger charge is -2.35. The van der Waals surface area contributed by atoms with Crippen molar-refractivity contribution in [1.82, 2.24) is 14.3 Å². The lowest BCUT2D eigenvalue weighted by Crippen LogP contribution is -2.45. The van der Waals surface area contributed by atoms with Gasteiger partial charge >= 0.3 is 0 Å². The molecular formula is C16H19Cl2N3O2. The summed E-state index contributed by atoms with van der Waals surface area (Å²) in [6.45, 7) is 8.15. The summed E-state index contributed by atoms with van der Waals surface area (Å²) < 4.78 is 7.13. The van der Waals surface area contributed by atoms with Crippen LogP contribution in [0.2, 0.25) is 10.0 Å². The number of halogens is 2. The van der Waals surface area contributed by atoms with Crippen molar-refractivity contribution in [3.05, 3.63) is 43.9 Å². The summed E-state index contributed by atoms with van der Waals surface area (Å²) in [5, 5.41) is 0.871. The third kappa shape index (κ3) is 3.38. The first-order chi connectivity index (χ1) is 10.8. The molecule has 23 heavy (non-hydrogen) atoms. The minimum absolute atomic E-state index is 0.171. The average Bonchev–Trinajstić information content (AvgIpc) is 2.45. The number of nitrogens with zero attached hydrogens (tertiary/aromatic N) is 3. The van der Waals surface area contributed by atoms with Gasteiger partial charge in [-0.25, -0.2) is 4.98 Å². The first-order valence-electron chi connectivity index (χ1n) is 7.60. The summed E-state index contributed by atoms with van der Waals surface area (Å²) in [5.41, 5.74) is 1.71. The van der Waals surface area contributed by atoms with Gasteiger partial charge in [0.05, 0.1) is 27.9 Å². The van der Waals surface area contributed by atoms with Gasteiger partial charge < -0.3 is 4.74 Å². The van der Waals surface area contributed by atoms with Crippen LogP contribution in [-0.2, 0) is 11.3 Å². The van der Waals surface area contributed by atoms with E-state index in [4.69, 9.17) is 27.9 Å². The number of hydrogen-bond acceptors (Lipinski definition) is 4. The van der Waals surface area contributed by atoms with Crippen LogP contribution in [0, 0.1) is 6.92 Å². The Kier molecular flexibility index (Phi) is 4.65. The fraction of sp³-hybridized carbons (Fsp3) is 0.500. The van der Waals surface area contributed by atoms with Crippen molar-refractivity contribution in [3.63, 3.8) is 0 Å². The second-order valence-electron chi connectivity index (χ2n) is 6.15. The molecule has 0 bridgehead atoms. The molecule has 5 nitrogen and oxygen atoms in total. The van der Waals surface area contributed by atoms with Crippen LogP contribution < -0.4 is 5.56 Å². The van der Waals surface area contributed by atoms with Gasteiger partial charge in [0, 0.05) is 31.9 Å². The summed E-state index contributed by atoms with van der Waals surface area (Å²) in [4.78, 5) is 19.2. The molecule has 2 aromatic heterocycles. The number of aromatic nitrogens is 2. The van der Waals surface area contributed by atoms with Crippen LogP contribution in [-0.4, -0.2) is 39.6 Å². The molecule has 2 aromatic rings. The molecule has 0 amide bonds. The zero-order valence-electron chi connectivity index (χ0n) is 13.3. The quantitative estimate of drug-likeness (QED) is 0.830. The molecule has 1 fully saturated rings. The Hall–Kier alpha value is -1.14. The SMILES string of the molecule is Cc1c(Cl)cn2c(=O)cc(CN3C[C@@H](C)O[C@@H](C)C3)nc2c1Cl.